The van der Waals surface area contributed by atoms with Gasteiger partial charge in [-0.25, -0.2) is 0 Å². The van der Waals surface area contributed by atoms with Crippen molar-refractivity contribution in [3.8, 4) is 0 Å². The van der Waals surface area contributed by atoms with Crippen molar-refractivity contribution < 1.29 is 4.21 Å². The highest BCUT2D eigenvalue weighted by Gasteiger charge is 2.26. The van der Waals surface area contributed by atoms with E-state index < -0.39 is 10.8 Å². The Labute approximate surface area is 111 Å². The van der Waals surface area contributed by atoms with Crippen LogP contribution in [0.2, 0.25) is 5.02 Å². The molecule has 2 rings (SSSR count). The standard InChI is InChI=1S/C11H13BrClNOS/c1-7-5-14-11(6-16(7)15)9-3-2-8(12)4-10(9)13/h2-4,7,11,14H,5-6H2,1H3. The van der Waals surface area contributed by atoms with Crippen molar-refractivity contribution in [3.63, 3.8) is 0 Å². The van der Waals surface area contributed by atoms with Crippen LogP contribution in [0.3, 0.4) is 0 Å². The molecule has 3 atom stereocenters. The number of nitrogens with one attached hydrogen (secondary N) is 1. The van der Waals surface area contributed by atoms with Gasteiger partial charge >= 0.3 is 0 Å². The van der Waals surface area contributed by atoms with Crippen molar-refractivity contribution in [3.05, 3.63) is 33.3 Å². The Morgan fingerprint density at radius 2 is 2.31 bits per heavy atom. The summed E-state index contributed by atoms with van der Waals surface area (Å²) in [5, 5.41) is 4.33. The fraction of sp³-hybridized carbons (Fsp3) is 0.455. The number of benzene rings is 1. The van der Waals surface area contributed by atoms with Crippen LogP contribution in [-0.4, -0.2) is 21.8 Å². The van der Waals surface area contributed by atoms with Gasteiger partial charge in [0.1, 0.15) is 0 Å². The summed E-state index contributed by atoms with van der Waals surface area (Å²) in [5.41, 5.74) is 1.03. The molecule has 1 N–H and O–H groups in total. The molecule has 16 heavy (non-hydrogen) atoms. The molecule has 2 nitrogen and oxygen atoms in total. The predicted octanol–water partition coefficient (Wildman–Crippen LogP) is 2.88. The zero-order chi connectivity index (χ0) is 11.7. The van der Waals surface area contributed by atoms with Crippen molar-refractivity contribution >= 4 is 38.3 Å². The second-order valence-electron chi connectivity index (χ2n) is 3.98. The van der Waals surface area contributed by atoms with Crippen molar-refractivity contribution in [2.45, 2.75) is 18.2 Å². The highest BCUT2D eigenvalue weighted by Crippen LogP contribution is 2.28. The molecule has 0 bridgehead atoms. The maximum atomic E-state index is 11.8. The Kier molecular flexibility index (Phi) is 4.06. The smallest absolute Gasteiger partial charge is 0.0465 e. The van der Waals surface area contributed by atoms with Gasteiger partial charge in [0.05, 0.1) is 0 Å². The summed E-state index contributed by atoms with van der Waals surface area (Å²) in [4.78, 5) is 0. The molecule has 1 saturated heterocycles. The van der Waals surface area contributed by atoms with Gasteiger partial charge in [0.25, 0.3) is 0 Å². The Bertz CT molecular complexity index is 426. The van der Waals surface area contributed by atoms with E-state index in [-0.39, 0.29) is 11.3 Å². The molecule has 0 aliphatic carbocycles. The second-order valence-corrected chi connectivity index (χ2v) is 7.21. The average molecular weight is 323 g/mol. The van der Waals surface area contributed by atoms with Gasteiger partial charge < -0.3 is 5.32 Å². The number of hydrogen-bond acceptors (Lipinski definition) is 2. The number of rotatable bonds is 1. The van der Waals surface area contributed by atoms with Crippen molar-refractivity contribution in [2.24, 2.45) is 0 Å². The zero-order valence-electron chi connectivity index (χ0n) is 8.87. The molecule has 0 amide bonds. The van der Waals surface area contributed by atoms with Gasteiger partial charge in [-0.1, -0.05) is 33.6 Å². The van der Waals surface area contributed by atoms with E-state index in [2.05, 4.69) is 21.2 Å². The lowest BCUT2D eigenvalue weighted by molar-refractivity contribution is 0.540. The van der Waals surface area contributed by atoms with Crippen molar-refractivity contribution in [2.75, 3.05) is 12.3 Å². The molecule has 0 aromatic heterocycles. The Morgan fingerprint density at radius 1 is 1.56 bits per heavy atom. The van der Waals surface area contributed by atoms with E-state index in [4.69, 9.17) is 11.6 Å². The lowest BCUT2D eigenvalue weighted by Gasteiger charge is -2.28. The van der Waals surface area contributed by atoms with Crippen LogP contribution in [-0.2, 0) is 10.8 Å². The molecule has 1 aliphatic rings. The first-order chi connectivity index (χ1) is 7.58. The fourth-order valence-electron chi connectivity index (χ4n) is 1.77. The van der Waals surface area contributed by atoms with Gasteiger partial charge in [0.2, 0.25) is 0 Å². The fourth-order valence-corrected chi connectivity index (χ4v) is 3.81. The molecular weight excluding hydrogens is 310 g/mol. The predicted molar refractivity (Wildman–Crippen MR) is 72.4 cm³/mol. The van der Waals surface area contributed by atoms with Crippen LogP contribution in [0.5, 0.6) is 0 Å². The van der Waals surface area contributed by atoms with Gasteiger partial charge in [-0.2, -0.15) is 0 Å². The SMILES string of the molecule is CC1CNC(c2ccc(Br)cc2Cl)CS1=O. The summed E-state index contributed by atoms with van der Waals surface area (Å²) in [5.74, 6) is 0.641. The molecule has 3 unspecified atom stereocenters. The number of hydrogen-bond donors (Lipinski definition) is 1. The van der Waals surface area contributed by atoms with Crippen LogP contribution >= 0.6 is 27.5 Å². The molecule has 88 valence electrons. The maximum absolute atomic E-state index is 11.8. The van der Waals surface area contributed by atoms with E-state index in [1.807, 2.05) is 25.1 Å². The third-order valence-corrected chi connectivity index (χ3v) is 5.32. The average Bonchev–Trinajstić information content (AvgIpc) is 2.22. The molecule has 1 fully saturated rings. The monoisotopic (exact) mass is 321 g/mol. The number of halogens is 2. The largest absolute Gasteiger partial charge is 0.308 e. The first-order valence-electron chi connectivity index (χ1n) is 5.13. The summed E-state index contributed by atoms with van der Waals surface area (Å²) < 4.78 is 12.7. The summed E-state index contributed by atoms with van der Waals surface area (Å²) >= 11 is 9.55. The molecule has 5 heteroatoms. The van der Waals surface area contributed by atoms with Crippen LogP contribution in [0, 0.1) is 0 Å². The Morgan fingerprint density at radius 3 is 2.94 bits per heavy atom. The van der Waals surface area contributed by atoms with Crippen LogP contribution < -0.4 is 5.32 Å². The van der Waals surface area contributed by atoms with Gasteiger partial charge in [0, 0.05) is 43.9 Å². The molecular formula is C11H13BrClNOS. The zero-order valence-corrected chi connectivity index (χ0v) is 12.0. The summed E-state index contributed by atoms with van der Waals surface area (Å²) in [6.07, 6.45) is 0. The van der Waals surface area contributed by atoms with E-state index in [1.165, 1.54) is 0 Å². The van der Waals surface area contributed by atoms with Crippen LogP contribution in [0.15, 0.2) is 22.7 Å². The molecule has 0 saturated carbocycles. The van der Waals surface area contributed by atoms with E-state index in [0.29, 0.717) is 5.75 Å². The topological polar surface area (TPSA) is 29.1 Å². The summed E-state index contributed by atoms with van der Waals surface area (Å²) in [6.45, 7) is 2.78. The summed E-state index contributed by atoms with van der Waals surface area (Å²) in [6, 6.07) is 5.93. The highest BCUT2D eigenvalue weighted by molar-refractivity contribution is 9.10. The third kappa shape index (κ3) is 2.67. The highest BCUT2D eigenvalue weighted by atomic mass is 79.9. The van der Waals surface area contributed by atoms with E-state index in [9.17, 15) is 4.21 Å². The quantitative estimate of drug-likeness (QED) is 0.861. The first kappa shape index (κ1) is 12.6. The minimum atomic E-state index is -0.762. The normalized spacial score (nSPS) is 30.3. The van der Waals surface area contributed by atoms with Crippen LogP contribution in [0.1, 0.15) is 18.5 Å². The van der Waals surface area contributed by atoms with Crippen molar-refractivity contribution in [1.82, 2.24) is 5.32 Å². The van der Waals surface area contributed by atoms with Crippen LogP contribution in [0.4, 0.5) is 0 Å². The molecule has 1 aromatic carbocycles. The van der Waals surface area contributed by atoms with Crippen molar-refractivity contribution in [1.29, 1.82) is 0 Å². The van der Waals surface area contributed by atoms with E-state index >= 15 is 0 Å². The lowest BCUT2D eigenvalue weighted by atomic mass is 10.1. The van der Waals surface area contributed by atoms with E-state index in [1.54, 1.807) is 0 Å². The van der Waals surface area contributed by atoms with E-state index in [0.717, 1.165) is 21.6 Å². The first-order valence-corrected chi connectivity index (χ1v) is 7.68. The Balaban J connectivity index is 2.22. The van der Waals surface area contributed by atoms with Gasteiger partial charge in [0.15, 0.2) is 0 Å². The molecule has 0 spiro atoms. The molecule has 1 aromatic rings. The van der Waals surface area contributed by atoms with Gasteiger partial charge in [-0.05, 0) is 24.6 Å². The minimum Gasteiger partial charge on any atom is -0.308 e. The lowest BCUT2D eigenvalue weighted by Crippen LogP contribution is -2.41. The molecule has 0 radical (unpaired) electrons. The maximum Gasteiger partial charge on any atom is 0.0465 e. The van der Waals surface area contributed by atoms with Gasteiger partial charge in [-0.3, -0.25) is 4.21 Å². The van der Waals surface area contributed by atoms with Gasteiger partial charge in [-0.15, -0.1) is 0 Å². The minimum absolute atomic E-state index is 0.109. The Hall–Kier alpha value is 0.1000. The summed E-state index contributed by atoms with van der Waals surface area (Å²) in [7, 11) is -0.762. The van der Waals surface area contributed by atoms with Crippen LogP contribution in [0.25, 0.3) is 0 Å². The molecule has 1 heterocycles. The third-order valence-electron chi connectivity index (χ3n) is 2.77. The second kappa shape index (κ2) is 5.17. The molecule has 1 aliphatic heterocycles.